The number of hydrogen-bond acceptors (Lipinski definition) is 2. The summed E-state index contributed by atoms with van der Waals surface area (Å²) in [4.78, 5) is 2.46. The van der Waals surface area contributed by atoms with Crippen molar-refractivity contribution in [1.82, 2.24) is 0 Å². The predicted octanol–water partition coefficient (Wildman–Crippen LogP) is 2.58. The molecule has 2 nitrogen and oxygen atoms in total. The van der Waals surface area contributed by atoms with Crippen molar-refractivity contribution < 1.29 is 5.11 Å². The zero-order valence-corrected chi connectivity index (χ0v) is 10.4. The molecule has 0 saturated carbocycles. The molecule has 2 unspecified atom stereocenters. The van der Waals surface area contributed by atoms with Crippen molar-refractivity contribution in [3.8, 4) is 0 Å². The van der Waals surface area contributed by atoms with E-state index in [0.29, 0.717) is 0 Å². The van der Waals surface area contributed by atoms with E-state index >= 15 is 0 Å². The van der Waals surface area contributed by atoms with Crippen LogP contribution < -0.4 is 4.90 Å². The van der Waals surface area contributed by atoms with E-state index in [1.807, 2.05) is 6.07 Å². The van der Waals surface area contributed by atoms with Crippen LogP contribution in [0.1, 0.15) is 25.0 Å². The minimum Gasteiger partial charge on any atom is -0.392 e. The van der Waals surface area contributed by atoms with Crippen LogP contribution in [0.4, 0.5) is 5.69 Å². The highest BCUT2D eigenvalue weighted by Gasteiger charge is 2.26. The molecule has 2 rings (SSSR count). The Kier molecular flexibility index (Phi) is 3.20. The van der Waals surface area contributed by atoms with Gasteiger partial charge in [-0.2, -0.15) is 0 Å². The van der Waals surface area contributed by atoms with Crippen LogP contribution in [-0.2, 0) is 6.61 Å². The lowest BCUT2D eigenvalue weighted by Crippen LogP contribution is -2.20. The number of aliphatic hydroxyl groups is 1. The van der Waals surface area contributed by atoms with Gasteiger partial charge in [-0.1, -0.05) is 26.0 Å². The van der Waals surface area contributed by atoms with Crippen LogP contribution in [0.5, 0.6) is 0 Å². The van der Waals surface area contributed by atoms with E-state index in [2.05, 4.69) is 37.8 Å². The fourth-order valence-corrected chi connectivity index (χ4v) is 2.50. The summed E-state index contributed by atoms with van der Waals surface area (Å²) in [6.45, 7) is 9.21. The van der Waals surface area contributed by atoms with Crippen LogP contribution in [0.15, 0.2) is 18.2 Å². The summed E-state index contributed by atoms with van der Waals surface area (Å²) in [6, 6.07) is 6.25. The molecule has 1 fully saturated rings. The lowest BCUT2D eigenvalue weighted by atomic mass is 10.0. The standard InChI is InChI=1S/C14H21NO/c1-10-6-13(9-16)4-5-14(10)15-7-11(2)12(3)8-15/h4-6,11-12,16H,7-9H2,1-3H3. The van der Waals surface area contributed by atoms with Crippen molar-refractivity contribution in [2.75, 3.05) is 18.0 Å². The number of rotatable bonds is 2. The number of benzene rings is 1. The molecule has 1 aromatic carbocycles. The molecule has 2 atom stereocenters. The Hall–Kier alpha value is -1.02. The van der Waals surface area contributed by atoms with Gasteiger partial charge in [-0.05, 0) is 36.0 Å². The quantitative estimate of drug-likeness (QED) is 0.826. The molecule has 1 N–H and O–H groups in total. The van der Waals surface area contributed by atoms with Crippen LogP contribution in [0.3, 0.4) is 0 Å². The smallest absolute Gasteiger partial charge is 0.0681 e. The van der Waals surface area contributed by atoms with Gasteiger partial charge in [0.2, 0.25) is 0 Å². The molecule has 0 bridgehead atoms. The van der Waals surface area contributed by atoms with Gasteiger partial charge in [-0.3, -0.25) is 0 Å². The lowest BCUT2D eigenvalue weighted by molar-refractivity contribution is 0.282. The summed E-state index contributed by atoms with van der Waals surface area (Å²) in [7, 11) is 0. The molecule has 1 aromatic rings. The van der Waals surface area contributed by atoms with Gasteiger partial charge in [0.1, 0.15) is 0 Å². The number of anilines is 1. The Morgan fingerprint density at radius 2 is 1.88 bits per heavy atom. The molecular formula is C14H21NO. The molecule has 0 aromatic heterocycles. The van der Waals surface area contributed by atoms with Gasteiger partial charge in [0.15, 0.2) is 0 Å². The maximum atomic E-state index is 9.09. The van der Waals surface area contributed by atoms with E-state index in [0.717, 1.165) is 30.5 Å². The summed E-state index contributed by atoms with van der Waals surface area (Å²) < 4.78 is 0. The fourth-order valence-electron chi connectivity index (χ4n) is 2.50. The number of hydrogen-bond donors (Lipinski definition) is 1. The van der Waals surface area contributed by atoms with Crippen molar-refractivity contribution in [3.63, 3.8) is 0 Å². The number of aryl methyl sites for hydroxylation is 1. The highest BCUT2D eigenvalue weighted by atomic mass is 16.3. The first kappa shape index (κ1) is 11.5. The van der Waals surface area contributed by atoms with E-state index in [9.17, 15) is 0 Å². The van der Waals surface area contributed by atoms with Gasteiger partial charge in [-0.25, -0.2) is 0 Å². The normalized spacial score (nSPS) is 25.1. The maximum Gasteiger partial charge on any atom is 0.0681 e. The van der Waals surface area contributed by atoms with Crippen LogP contribution >= 0.6 is 0 Å². The molecule has 1 heterocycles. The van der Waals surface area contributed by atoms with Gasteiger partial charge in [0.05, 0.1) is 6.61 Å². The van der Waals surface area contributed by atoms with Gasteiger partial charge >= 0.3 is 0 Å². The Labute approximate surface area is 97.9 Å². The highest BCUT2D eigenvalue weighted by Crippen LogP contribution is 2.30. The van der Waals surface area contributed by atoms with E-state index in [-0.39, 0.29) is 6.61 Å². The van der Waals surface area contributed by atoms with Crippen LogP contribution in [0.2, 0.25) is 0 Å². The van der Waals surface area contributed by atoms with Crippen molar-refractivity contribution in [2.24, 2.45) is 11.8 Å². The topological polar surface area (TPSA) is 23.5 Å². The highest BCUT2D eigenvalue weighted by molar-refractivity contribution is 5.55. The zero-order valence-electron chi connectivity index (χ0n) is 10.4. The summed E-state index contributed by atoms with van der Waals surface area (Å²) in [5.74, 6) is 1.55. The SMILES string of the molecule is Cc1cc(CO)ccc1N1CC(C)C(C)C1. The molecule has 0 spiro atoms. The average Bonchev–Trinajstić information content (AvgIpc) is 2.58. The fraction of sp³-hybridized carbons (Fsp3) is 0.571. The second-order valence-electron chi connectivity index (χ2n) is 5.14. The minimum absolute atomic E-state index is 0.133. The summed E-state index contributed by atoms with van der Waals surface area (Å²) >= 11 is 0. The van der Waals surface area contributed by atoms with E-state index in [1.54, 1.807) is 0 Å². The lowest BCUT2D eigenvalue weighted by Gasteiger charge is -2.21. The number of aliphatic hydroxyl groups excluding tert-OH is 1. The van der Waals surface area contributed by atoms with E-state index in [1.165, 1.54) is 11.3 Å². The third kappa shape index (κ3) is 2.07. The second kappa shape index (κ2) is 4.46. The third-order valence-corrected chi connectivity index (χ3v) is 3.77. The predicted molar refractivity (Wildman–Crippen MR) is 67.6 cm³/mol. The first-order valence-electron chi connectivity index (χ1n) is 6.07. The van der Waals surface area contributed by atoms with Crippen molar-refractivity contribution in [1.29, 1.82) is 0 Å². The molecule has 0 radical (unpaired) electrons. The zero-order chi connectivity index (χ0) is 11.7. The number of nitrogens with zero attached hydrogens (tertiary/aromatic N) is 1. The molecule has 88 valence electrons. The summed E-state index contributed by atoms with van der Waals surface area (Å²) in [5.41, 5.74) is 3.60. The molecule has 1 aliphatic heterocycles. The Morgan fingerprint density at radius 3 is 2.38 bits per heavy atom. The molecule has 0 aliphatic carbocycles. The van der Waals surface area contributed by atoms with Crippen LogP contribution in [0.25, 0.3) is 0 Å². The van der Waals surface area contributed by atoms with Gasteiger partial charge in [0, 0.05) is 18.8 Å². The van der Waals surface area contributed by atoms with Crippen molar-refractivity contribution in [3.05, 3.63) is 29.3 Å². The monoisotopic (exact) mass is 219 g/mol. The summed E-state index contributed by atoms with van der Waals surface area (Å²) in [5, 5.41) is 9.09. The first-order chi connectivity index (χ1) is 7.61. The van der Waals surface area contributed by atoms with E-state index in [4.69, 9.17) is 5.11 Å². The Morgan fingerprint density at radius 1 is 1.25 bits per heavy atom. The Balaban J connectivity index is 2.22. The van der Waals surface area contributed by atoms with Crippen LogP contribution in [-0.4, -0.2) is 18.2 Å². The largest absolute Gasteiger partial charge is 0.392 e. The molecule has 0 amide bonds. The van der Waals surface area contributed by atoms with Crippen LogP contribution in [0, 0.1) is 18.8 Å². The van der Waals surface area contributed by atoms with Crippen molar-refractivity contribution >= 4 is 5.69 Å². The van der Waals surface area contributed by atoms with Crippen molar-refractivity contribution in [2.45, 2.75) is 27.4 Å². The minimum atomic E-state index is 0.133. The van der Waals surface area contributed by atoms with Gasteiger partial charge < -0.3 is 10.0 Å². The average molecular weight is 219 g/mol. The molecular weight excluding hydrogens is 198 g/mol. The molecule has 2 heteroatoms. The molecule has 1 saturated heterocycles. The maximum absolute atomic E-state index is 9.09. The summed E-state index contributed by atoms with van der Waals surface area (Å²) in [6.07, 6.45) is 0. The third-order valence-electron chi connectivity index (χ3n) is 3.77. The first-order valence-corrected chi connectivity index (χ1v) is 6.07. The molecule has 1 aliphatic rings. The Bertz CT molecular complexity index is 365. The second-order valence-corrected chi connectivity index (χ2v) is 5.14. The van der Waals surface area contributed by atoms with Gasteiger partial charge in [0.25, 0.3) is 0 Å². The van der Waals surface area contributed by atoms with E-state index < -0.39 is 0 Å². The molecule has 16 heavy (non-hydrogen) atoms. The van der Waals surface area contributed by atoms with Gasteiger partial charge in [-0.15, -0.1) is 0 Å².